The van der Waals surface area contributed by atoms with E-state index in [1.165, 1.54) is 6.20 Å². The molecule has 0 spiro atoms. The third-order valence-electron chi connectivity index (χ3n) is 1.65. The van der Waals surface area contributed by atoms with Crippen LogP contribution in [0.2, 0.25) is 5.15 Å². The Labute approximate surface area is 88.5 Å². The largest absolute Gasteiger partial charge is 0.388 e. The molecule has 0 aliphatic carbocycles. The van der Waals surface area contributed by atoms with Crippen molar-refractivity contribution in [3.63, 3.8) is 0 Å². The summed E-state index contributed by atoms with van der Waals surface area (Å²) in [6.07, 6.45) is 1.31. The molecule has 0 aliphatic heterocycles. The van der Waals surface area contributed by atoms with Crippen LogP contribution in [0.4, 0.5) is 4.39 Å². The fourth-order valence-corrected chi connectivity index (χ4v) is 1.08. The van der Waals surface area contributed by atoms with Crippen molar-refractivity contribution in [2.45, 2.75) is 6.61 Å². The van der Waals surface area contributed by atoms with Gasteiger partial charge >= 0.3 is 0 Å². The van der Waals surface area contributed by atoms with Gasteiger partial charge in [0.15, 0.2) is 16.8 Å². The maximum atomic E-state index is 13.0. The second-order valence-corrected chi connectivity index (χ2v) is 3.03. The number of rotatable bonds is 2. The lowest BCUT2D eigenvalue weighted by molar-refractivity contribution is 0.264. The summed E-state index contributed by atoms with van der Waals surface area (Å²) in [5.74, 6) is -0.458. The van der Waals surface area contributed by atoms with Crippen molar-refractivity contribution < 1.29 is 14.0 Å². The first-order valence-electron chi connectivity index (χ1n) is 3.95. The SMILES string of the molecule is OCc1noc(-c2cnc(Cl)c(F)c2)n1. The van der Waals surface area contributed by atoms with Crippen molar-refractivity contribution in [2.24, 2.45) is 0 Å². The molecule has 0 unspecified atom stereocenters. The van der Waals surface area contributed by atoms with Gasteiger partial charge in [-0.3, -0.25) is 0 Å². The molecule has 1 N–H and O–H groups in total. The summed E-state index contributed by atoms with van der Waals surface area (Å²) in [4.78, 5) is 7.38. The average molecular weight is 230 g/mol. The van der Waals surface area contributed by atoms with Crippen LogP contribution in [0.15, 0.2) is 16.8 Å². The van der Waals surface area contributed by atoms with Crippen LogP contribution in [0.1, 0.15) is 5.82 Å². The van der Waals surface area contributed by atoms with E-state index in [0.29, 0.717) is 5.56 Å². The summed E-state index contributed by atoms with van der Waals surface area (Å²) >= 11 is 5.41. The number of hydrogen-bond acceptors (Lipinski definition) is 5. The molecule has 2 aromatic rings. The van der Waals surface area contributed by atoms with Crippen LogP contribution in [0.5, 0.6) is 0 Å². The van der Waals surface area contributed by atoms with E-state index in [2.05, 4.69) is 15.1 Å². The molecule has 0 aliphatic rings. The van der Waals surface area contributed by atoms with Crippen molar-refractivity contribution in [2.75, 3.05) is 0 Å². The molecule has 7 heteroatoms. The Bertz CT molecular complexity index is 488. The fraction of sp³-hybridized carbons (Fsp3) is 0.125. The highest BCUT2D eigenvalue weighted by Crippen LogP contribution is 2.20. The zero-order valence-electron chi connectivity index (χ0n) is 7.31. The maximum absolute atomic E-state index is 13.0. The topological polar surface area (TPSA) is 72.0 Å². The van der Waals surface area contributed by atoms with Gasteiger partial charge < -0.3 is 9.63 Å². The predicted molar refractivity (Wildman–Crippen MR) is 48.4 cm³/mol. The van der Waals surface area contributed by atoms with Gasteiger partial charge in [-0.2, -0.15) is 4.98 Å². The van der Waals surface area contributed by atoms with Crippen LogP contribution in [0, 0.1) is 5.82 Å². The Morgan fingerprint density at radius 1 is 1.53 bits per heavy atom. The Kier molecular flexibility index (Phi) is 2.61. The lowest BCUT2D eigenvalue weighted by atomic mass is 10.3. The van der Waals surface area contributed by atoms with Crippen LogP contribution in [0.3, 0.4) is 0 Å². The maximum Gasteiger partial charge on any atom is 0.259 e. The van der Waals surface area contributed by atoms with E-state index >= 15 is 0 Å². The molecule has 0 aromatic carbocycles. The van der Waals surface area contributed by atoms with E-state index in [1.54, 1.807) is 0 Å². The molecule has 2 aromatic heterocycles. The van der Waals surface area contributed by atoms with Crippen molar-refractivity contribution in [3.05, 3.63) is 29.1 Å². The lowest BCUT2D eigenvalue weighted by Gasteiger charge is -1.95. The molecule has 0 amide bonds. The minimum atomic E-state index is -0.669. The van der Waals surface area contributed by atoms with E-state index in [1.807, 2.05) is 0 Å². The van der Waals surface area contributed by atoms with Crippen LogP contribution in [-0.2, 0) is 6.61 Å². The molecule has 0 fully saturated rings. The van der Waals surface area contributed by atoms with E-state index in [4.69, 9.17) is 21.2 Å². The number of hydrogen-bond donors (Lipinski definition) is 1. The van der Waals surface area contributed by atoms with Gasteiger partial charge in [0.05, 0.1) is 5.56 Å². The van der Waals surface area contributed by atoms with Crippen LogP contribution in [0.25, 0.3) is 11.5 Å². The molecule has 0 bridgehead atoms. The Morgan fingerprint density at radius 3 is 2.93 bits per heavy atom. The van der Waals surface area contributed by atoms with Gasteiger partial charge in [-0.1, -0.05) is 16.8 Å². The van der Waals surface area contributed by atoms with Crippen LogP contribution < -0.4 is 0 Å². The highest BCUT2D eigenvalue weighted by molar-refractivity contribution is 6.29. The highest BCUT2D eigenvalue weighted by Gasteiger charge is 2.11. The summed E-state index contributed by atoms with van der Waals surface area (Å²) in [7, 11) is 0. The highest BCUT2D eigenvalue weighted by atomic mass is 35.5. The normalized spacial score (nSPS) is 10.6. The number of aromatic nitrogens is 3. The zero-order chi connectivity index (χ0) is 10.8. The average Bonchev–Trinajstić information content (AvgIpc) is 2.70. The third kappa shape index (κ3) is 1.95. The van der Waals surface area contributed by atoms with Gasteiger partial charge in [-0.15, -0.1) is 0 Å². The van der Waals surface area contributed by atoms with E-state index in [0.717, 1.165) is 6.07 Å². The fourth-order valence-electron chi connectivity index (χ4n) is 0.974. The first-order chi connectivity index (χ1) is 7.20. The van der Waals surface area contributed by atoms with Gasteiger partial charge in [-0.05, 0) is 6.07 Å². The first kappa shape index (κ1) is 10.0. The molecule has 0 radical (unpaired) electrons. The Hall–Kier alpha value is -1.53. The first-order valence-corrected chi connectivity index (χ1v) is 4.33. The van der Waals surface area contributed by atoms with Gasteiger partial charge in [0, 0.05) is 6.20 Å². The van der Waals surface area contributed by atoms with Gasteiger partial charge in [0.2, 0.25) is 0 Å². The quantitative estimate of drug-likeness (QED) is 0.789. The molecule has 0 saturated heterocycles. The molecule has 2 heterocycles. The second kappa shape index (κ2) is 3.92. The molecular weight excluding hydrogens is 225 g/mol. The lowest BCUT2D eigenvalue weighted by Crippen LogP contribution is -1.87. The minimum Gasteiger partial charge on any atom is -0.388 e. The van der Waals surface area contributed by atoms with Crippen molar-refractivity contribution in [3.8, 4) is 11.5 Å². The zero-order valence-corrected chi connectivity index (χ0v) is 8.07. The predicted octanol–water partition coefficient (Wildman–Crippen LogP) is 1.42. The molecule has 0 saturated carbocycles. The minimum absolute atomic E-state index is 0.0853. The third-order valence-corrected chi connectivity index (χ3v) is 1.93. The smallest absolute Gasteiger partial charge is 0.259 e. The van der Waals surface area contributed by atoms with Crippen LogP contribution >= 0.6 is 11.6 Å². The number of pyridine rings is 1. The van der Waals surface area contributed by atoms with Gasteiger partial charge in [0.1, 0.15) is 6.61 Å². The van der Waals surface area contributed by atoms with Crippen molar-refractivity contribution >= 4 is 11.6 Å². The van der Waals surface area contributed by atoms with Gasteiger partial charge in [0.25, 0.3) is 5.89 Å². The number of aliphatic hydroxyl groups is 1. The van der Waals surface area contributed by atoms with E-state index in [-0.39, 0.29) is 23.5 Å². The number of nitrogens with zero attached hydrogens (tertiary/aromatic N) is 3. The number of aliphatic hydroxyl groups excluding tert-OH is 1. The summed E-state index contributed by atoms with van der Waals surface area (Å²) < 4.78 is 17.8. The molecule has 78 valence electrons. The molecule has 0 atom stereocenters. The van der Waals surface area contributed by atoms with E-state index in [9.17, 15) is 4.39 Å². The van der Waals surface area contributed by atoms with Crippen molar-refractivity contribution in [1.82, 2.24) is 15.1 Å². The standard InChI is InChI=1S/C8H5ClFN3O2/c9-7-5(10)1-4(2-11-7)8-12-6(3-14)13-15-8/h1-2,14H,3H2. The Morgan fingerprint density at radius 2 is 2.33 bits per heavy atom. The monoisotopic (exact) mass is 229 g/mol. The van der Waals surface area contributed by atoms with Gasteiger partial charge in [-0.25, -0.2) is 9.37 Å². The molecule has 5 nitrogen and oxygen atoms in total. The Balaban J connectivity index is 2.40. The van der Waals surface area contributed by atoms with Crippen molar-refractivity contribution in [1.29, 1.82) is 0 Å². The summed E-state index contributed by atoms with van der Waals surface area (Å²) in [5, 5.41) is 11.9. The van der Waals surface area contributed by atoms with Crippen LogP contribution in [-0.4, -0.2) is 20.2 Å². The molecular formula is C8H5ClFN3O2. The summed E-state index contributed by atoms with van der Waals surface area (Å²) in [6, 6.07) is 1.13. The van der Waals surface area contributed by atoms with E-state index < -0.39 is 5.82 Å². The molecule has 2 rings (SSSR count). The summed E-state index contributed by atoms with van der Waals surface area (Å²) in [6.45, 7) is -0.340. The molecule has 15 heavy (non-hydrogen) atoms. The summed E-state index contributed by atoms with van der Waals surface area (Å²) in [5.41, 5.74) is 0.309. The second-order valence-electron chi connectivity index (χ2n) is 2.67. The number of halogens is 2.